The maximum atomic E-state index is 12.8. The third-order valence-electron chi connectivity index (χ3n) is 3.78. The molecular formula is C20H20FNO5S. The normalized spacial score (nSPS) is 12.8. The van der Waals surface area contributed by atoms with Crippen molar-refractivity contribution in [2.75, 3.05) is 30.9 Å². The summed E-state index contributed by atoms with van der Waals surface area (Å²) >= 11 is 1.42. The molecule has 148 valence electrons. The Morgan fingerprint density at radius 2 is 1.82 bits per heavy atom. The van der Waals surface area contributed by atoms with E-state index in [0.717, 1.165) is 11.3 Å². The Balaban J connectivity index is 1.38. The zero-order valence-electron chi connectivity index (χ0n) is 15.1. The van der Waals surface area contributed by atoms with E-state index in [0.29, 0.717) is 36.2 Å². The highest BCUT2D eigenvalue weighted by Crippen LogP contribution is 2.32. The predicted molar refractivity (Wildman–Crippen MR) is 103 cm³/mol. The topological polar surface area (TPSA) is 73.9 Å². The number of thioether (sulfide) groups is 1. The minimum Gasteiger partial charge on any atom is -0.490 e. The average Bonchev–Trinajstić information content (AvgIpc) is 2.93. The number of nitrogens with one attached hydrogen (secondary N) is 1. The monoisotopic (exact) mass is 405 g/mol. The van der Waals surface area contributed by atoms with Gasteiger partial charge in [-0.2, -0.15) is 0 Å². The van der Waals surface area contributed by atoms with Crippen LogP contribution in [0.4, 0.5) is 10.1 Å². The maximum Gasteiger partial charge on any atom is 0.307 e. The highest BCUT2D eigenvalue weighted by atomic mass is 32.2. The number of carbonyl (C=O) groups excluding carboxylic acids is 2. The molecule has 0 aliphatic carbocycles. The molecule has 1 aliphatic heterocycles. The Labute approximate surface area is 166 Å². The van der Waals surface area contributed by atoms with E-state index in [1.807, 2.05) is 0 Å². The molecule has 0 aromatic heterocycles. The first-order chi connectivity index (χ1) is 13.6. The molecule has 0 saturated heterocycles. The van der Waals surface area contributed by atoms with Gasteiger partial charge in [-0.1, -0.05) is 0 Å². The number of ether oxygens (including phenoxy) is 3. The van der Waals surface area contributed by atoms with Crippen LogP contribution >= 0.6 is 11.8 Å². The highest BCUT2D eigenvalue weighted by molar-refractivity contribution is 7.99. The molecule has 0 fully saturated rings. The first-order valence-corrected chi connectivity index (χ1v) is 9.82. The summed E-state index contributed by atoms with van der Waals surface area (Å²) in [6.07, 6.45) is 0.950. The lowest BCUT2D eigenvalue weighted by molar-refractivity contribution is -0.146. The number of hydrogen-bond acceptors (Lipinski definition) is 6. The van der Waals surface area contributed by atoms with Gasteiger partial charge in [-0.3, -0.25) is 9.59 Å². The Morgan fingerprint density at radius 3 is 2.61 bits per heavy atom. The van der Waals surface area contributed by atoms with Gasteiger partial charge in [0.05, 0.1) is 19.6 Å². The zero-order valence-corrected chi connectivity index (χ0v) is 15.9. The number of hydrogen-bond donors (Lipinski definition) is 1. The van der Waals surface area contributed by atoms with Crippen molar-refractivity contribution >= 4 is 29.3 Å². The Hall–Kier alpha value is -2.74. The Morgan fingerprint density at radius 1 is 1.07 bits per heavy atom. The van der Waals surface area contributed by atoms with Crippen LogP contribution in [-0.4, -0.2) is 37.4 Å². The molecule has 0 radical (unpaired) electrons. The van der Waals surface area contributed by atoms with E-state index < -0.39 is 11.9 Å². The largest absolute Gasteiger partial charge is 0.490 e. The van der Waals surface area contributed by atoms with Crippen LogP contribution in [0, 0.1) is 5.82 Å². The maximum absolute atomic E-state index is 12.8. The quantitative estimate of drug-likeness (QED) is 0.560. The molecule has 0 atom stereocenters. The van der Waals surface area contributed by atoms with E-state index in [2.05, 4.69) is 5.32 Å². The molecule has 1 amide bonds. The van der Waals surface area contributed by atoms with Gasteiger partial charge in [0.25, 0.3) is 5.91 Å². The third-order valence-corrected chi connectivity index (χ3v) is 4.80. The number of halogens is 1. The van der Waals surface area contributed by atoms with Crippen LogP contribution in [0.1, 0.15) is 12.8 Å². The third kappa shape index (κ3) is 6.16. The first kappa shape index (κ1) is 20.0. The highest BCUT2D eigenvalue weighted by Gasteiger charge is 2.13. The molecule has 0 bridgehead atoms. The number of amides is 1. The van der Waals surface area contributed by atoms with Gasteiger partial charge in [0, 0.05) is 28.8 Å². The van der Waals surface area contributed by atoms with Crippen molar-refractivity contribution in [3.05, 3.63) is 48.3 Å². The molecule has 1 heterocycles. The van der Waals surface area contributed by atoms with E-state index >= 15 is 0 Å². The van der Waals surface area contributed by atoms with Crippen molar-refractivity contribution in [2.45, 2.75) is 17.7 Å². The van der Waals surface area contributed by atoms with E-state index in [1.54, 1.807) is 30.3 Å². The van der Waals surface area contributed by atoms with Crippen molar-refractivity contribution in [3.63, 3.8) is 0 Å². The van der Waals surface area contributed by atoms with Gasteiger partial charge < -0.3 is 19.5 Å². The summed E-state index contributed by atoms with van der Waals surface area (Å²) < 4.78 is 28.9. The van der Waals surface area contributed by atoms with Gasteiger partial charge in [-0.25, -0.2) is 4.39 Å². The Kier molecular flexibility index (Phi) is 7.13. The van der Waals surface area contributed by atoms with Crippen molar-refractivity contribution in [1.82, 2.24) is 0 Å². The van der Waals surface area contributed by atoms with Crippen LogP contribution in [0.25, 0.3) is 0 Å². The summed E-state index contributed by atoms with van der Waals surface area (Å²) in [7, 11) is 0. The van der Waals surface area contributed by atoms with E-state index in [4.69, 9.17) is 14.2 Å². The van der Waals surface area contributed by atoms with Gasteiger partial charge in [0.1, 0.15) is 5.82 Å². The lowest BCUT2D eigenvalue weighted by Crippen LogP contribution is -2.21. The van der Waals surface area contributed by atoms with Gasteiger partial charge >= 0.3 is 5.97 Å². The second-order valence-electron chi connectivity index (χ2n) is 5.97. The van der Waals surface area contributed by atoms with Gasteiger partial charge in [0.2, 0.25) is 0 Å². The summed E-state index contributed by atoms with van der Waals surface area (Å²) in [4.78, 5) is 24.6. The van der Waals surface area contributed by atoms with Crippen LogP contribution in [-0.2, 0) is 14.3 Å². The smallest absolute Gasteiger partial charge is 0.307 e. The zero-order chi connectivity index (χ0) is 19.8. The van der Waals surface area contributed by atoms with Crippen LogP contribution in [0.2, 0.25) is 0 Å². The van der Waals surface area contributed by atoms with Gasteiger partial charge in [-0.15, -0.1) is 11.8 Å². The van der Waals surface area contributed by atoms with Crippen molar-refractivity contribution in [1.29, 1.82) is 0 Å². The molecule has 1 aliphatic rings. The van der Waals surface area contributed by atoms with Gasteiger partial charge in [-0.05, 0) is 36.4 Å². The van der Waals surface area contributed by atoms with Crippen molar-refractivity contribution in [2.24, 2.45) is 0 Å². The fourth-order valence-electron chi connectivity index (χ4n) is 2.44. The molecule has 2 aromatic carbocycles. The number of carbonyl (C=O) groups is 2. The number of anilines is 1. The molecule has 28 heavy (non-hydrogen) atoms. The second kappa shape index (κ2) is 9.98. The van der Waals surface area contributed by atoms with Crippen LogP contribution in [0.5, 0.6) is 11.5 Å². The van der Waals surface area contributed by atoms with Crippen LogP contribution in [0.3, 0.4) is 0 Å². The number of benzene rings is 2. The lowest BCUT2D eigenvalue weighted by Gasteiger charge is -2.10. The molecule has 8 heteroatoms. The summed E-state index contributed by atoms with van der Waals surface area (Å²) in [5.41, 5.74) is 0.539. The van der Waals surface area contributed by atoms with Crippen LogP contribution in [0.15, 0.2) is 47.4 Å². The predicted octanol–water partition coefficient (Wildman–Crippen LogP) is 3.65. The SMILES string of the molecule is O=C(COC(=O)CCSc1ccc(F)cc1)Nc1ccc2c(c1)OCCCO2. The average molecular weight is 405 g/mol. The molecule has 1 N–H and O–H groups in total. The fourth-order valence-corrected chi connectivity index (χ4v) is 3.27. The fraction of sp³-hybridized carbons (Fsp3) is 0.300. The minimum atomic E-state index is -0.469. The minimum absolute atomic E-state index is 0.152. The standard InChI is InChI=1S/C20H20FNO5S/c21-14-2-5-16(6-3-14)28-11-8-20(24)27-13-19(23)22-15-4-7-17-18(12-15)26-10-1-9-25-17/h2-7,12H,1,8-11,13H2,(H,22,23). The molecule has 0 saturated carbocycles. The molecule has 3 rings (SSSR count). The van der Waals surface area contributed by atoms with Crippen molar-refractivity contribution in [3.8, 4) is 11.5 Å². The first-order valence-electron chi connectivity index (χ1n) is 8.83. The van der Waals surface area contributed by atoms with E-state index in [9.17, 15) is 14.0 Å². The molecular weight excluding hydrogens is 385 g/mol. The van der Waals surface area contributed by atoms with Crippen LogP contribution < -0.4 is 14.8 Å². The van der Waals surface area contributed by atoms with E-state index in [-0.39, 0.29) is 18.8 Å². The number of fused-ring (bicyclic) bond motifs is 1. The number of rotatable bonds is 7. The van der Waals surface area contributed by atoms with E-state index in [1.165, 1.54) is 23.9 Å². The summed E-state index contributed by atoms with van der Waals surface area (Å²) in [6.45, 7) is 0.778. The lowest BCUT2D eigenvalue weighted by atomic mass is 10.2. The molecule has 0 unspecified atom stereocenters. The molecule has 2 aromatic rings. The second-order valence-corrected chi connectivity index (χ2v) is 7.14. The van der Waals surface area contributed by atoms with Crippen molar-refractivity contribution < 1.29 is 28.2 Å². The summed E-state index contributed by atoms with van der Waals surface area (Å²) in [5.74, 6) is 0.486. The van der Waals surface area contributed by atoms with Gasteiger partial charge in [0.15, 0.2) is 18.1 Å². The summed E-state index contributed by atoms with van der Waals surface area (Å²) in [5, 5.41) is 2.66. The molecule has 6 nitrogen and oxygen atoms in total. The Bertz CT molecular complexity index is 828. The summed E-state index contributed by atoms with van der Waals surface area (Å²) in [6, 6.07) is 11.1. The number of esters is 1. The molecule has 0 spiro atoms.